The minimum Gasteiger partial charge on any atom is -0.493 e. The van der Waals surface area contributed by atoms with Gasteiger partial charge in [-0.3, -0.25) is 4.90 Å². The summed E-state index contributed by atoms with van der Waals surface area (Å²) in [4.78, 5) is 2.89. The zero-order valence-electron chi connectivity index (χ0n) is 25.2. The molecule has 3 heterocycles. The highest BCUT2D eigenvalue weighted by Gasteiger charge is 2.80. The van der Waals surface area contributed by atoms with Crippen molar-refractivity contribution in [3.8, 4) is 11.5 Å². The van der Waals surface area contributed by atoms with Crippen molar-refractivity contribution in [2.24, 2.45) is 17.3 Å². The Labute approximate surface area is 252 Å². The molecule has 6 atom stereocenters. The summed E-state index contributed by atoms with van der Waals surface area (Å²) in [6, 6.07) is 13.6. The fourth-order valence-electron chi connectivity index (χ4n) is 10.4. The number of methoxy groups -OCH3 is 2. The van der Waals surface area contributed by atoms with Gasteiger partial charge in [0.05, 0.1) is 20.3 Å². The van der Waals surface area contributed by atoms with Gasteiger partial charge in [-0.15, -0.1) is 10.2 Å². The first-order valence-corrected chi connectivity index (χ1v) is 16.1. The van der Waals surface area contributed by atoms with Crippen molar-refractivity contribution in [3.05, 3.63) is 64.5 Å². The van der Waals surface area contributed by atoms with Gasteiger partial charge in [-0.1, -0.05) is 35.5 Å². The van der Waals surface area contributed by atoms with Crippen molar-refractivity contribution >= 4 is 0 Å². The molecule has 2 spiro atoms. The number of fused-ring (bicyclic) bond motifs is 2. The molecule has 4 saturated carbocycles. The van der Waals surface area contributed by atoms with E-state index in [2.05, 4.69) is 61.9 Å². The van der Waals surface area contributed by atoms with Gasteiger partial charge in [-0.2, -0.15) is 5.21 Å². The highest BCUT2D eigenvalue weighted by atomic mass is 16.6. The lowest BCUT2D eigenvalue weighted by molar-refractivity contribution is -0.283. The maximum atomic E-state index is 7.16. The molecule has 0 unspecified atom stereocenters. The van der Waals surface area contributed by atoms with Crippen LogP contribution in [0.15, 0.2) is 36.4 Å². The Kier molecular flexibility index (Phi) is 5.83. The summed E-state index contributed by atoms with van der Waals surface area (Å²) >= 11 is 0. The Bertz CT molecular complexity index is 1530. The third-order valence-electron chi connectivity index (χ3n) is 12.4. The summed E-state index contributed by atoms with van der Waals surface area (Å²) in [6.45, 7) is 3.66. The number of rotatable bonds is 10. The first-order chi connectivity index (χ1) is 21.1. The summed E-state index contributed by atoms with van der Waals surface area (Å²) in [5, 5.41) is 14.3. The normalized spacial score (nSPS) is 35.1. The number of nitrogens with one attached hydrogen (secondary N) is 1. The molecule has 3 aromatic rings. The van der Waals surface area contributed by atoms with Gasteiger partial charge in [0.15, 0.2) is 17.3 Å². The second-order valence-corrected chi connectivity index (χ2v) is 14.1. The molecule has 9 heteroatoms. The van der Waals surface area contributed by atoms with E-state index < -0.39 is 0 Å². The predicted octanol–water partition coefficient (Wildman–Crippen LogP) is 4.24. The number of ether oxygens (including phenoxy) is 4. The molecule has 7 aliphatic rings. The molecule has 10 rings (SSSR count). The van der Waals surface area contributed by atoms with Crippen molar-refractivity contribution in [2.75, 3.05) is 33.9 Å². The second-order valence-electron chi connectivity index (χ2n) is 14.1. The maximum absolute atomic E-state index is 7.16. The van der Waals surface area contributed by atoms with E-state index in [9.17, 15) is 0 Å². The molecule has 9 nitrogen and oxygen atoms in total. The zero-order chi connectivity index (χ0) is 28.8. The van der Waals surface area contributed by atoms with Gasteiger partial charge in [0.1, 0.15) is 11.7 Å². The van der Waals surface area contributed by atoms with Crippen LogP contribution in [0.3, 0.4) is 0 Å². The molecule has 4 bridgehead atoms. The first kappa shape index (κ1) is 26.4. The Morgan fingerprint density at radius 3 is 2.67 bits per heavy atom. The van der Waals surface area contributed by atoms with Crippen molar-refractivity contribution in [1.29, 1.82) is 0 Å². The van der Waals surface area contributed by atoms with Gasteiger partial charge < -0.3 is 18.9 Å². The molecule has 226 valence electrons. The molecule has 0 radical (unpaired) electrons. The van der Waals surface area contributed by atoms with E-state index in [0.717, 1.165) is 55.2 Å². The quantitative estimate of drug-likeness (QED) is 0.379. The summed E-state index contributed by atoms with van der Waals surface area (Å²) in [6.07, 6.45) is 9.04. The van der Waals surface area contributed by atoms with E-state index in [-0.39, 0.29) is 28.5 Å². The number of piperidine rings is 1. The van der Waals surface area contributed by atoms with Crippen LogP contribution in [0.25, 0.3) is 0 Å². The van der Waals surface area contributed by atoms with E-state index in [1.54, 1.807) is 7.11 Å². The van der Waals surface area contributed by atoms with Gasteiger partial charge in [-0.25, -0.2) is 0 Å². The smallest absolute Gasteiger partial charge is 0.178 e. The lowest BCUT2D eigenvalue weighted by Crippen LogP contribution is -2.81. The third-order valence-corrected chi connectivity index (χ3v) is 12.4. The van der Waals surface area contributed by atoms with Crippen LogP contribution >= 0.6 is 0 Å². The van der Waals surface area contributed by atoms with Crippen LogP contribution in [-0.4, -0.2) is 77.2 Å². The van der Waals surface area contributed by atoms with Crippen LogP contribution in [0.5, 0.6) is 11.5 Å². The van der Waals surface area contributed by atoms with E-state index in [4.69, 9.17) is 18.9 Å². The lowest BCUT2D eigenvalue weighted by atomic mass is 9.35. The van der Waals surface area contributed by atoms with E-state index >= 15 is 0 Å². The molecule has 1 N–H and O–H groups in total. The topological polar surface area (TPSA) is 94.6 Å². The largest absolute Gasteiger partial charge is 0.493 e. The fourth-order valence-corrected chi connectivity index (χ4v) is 10.4. The highest BCUT2D eigenvalue weighted by molar-refractivity contribution is 5.63. The minimum atomic E-state index is -0.377. The van der Waals surface area contributed by atoms with E-state index in [1.165, 1.54) is 42.5 Å². The summed E-state index contributed by atoms with van der Waals surface area (Å²) < 4.78 is 26.3. The van der Waals surface area contributed by atoms with E-state index in [0.29, 0.717) is 31.5 Å². The Hall–Kier alpha value is -3.01. The molecule has 43 heavy (non-hydrogen) atoms. The molecule has 1 aromatic heterocycles. The predicted molar refractivity (Wildman–Crippen MR) is 158 cm³/mol. The van der Waals surface area contributed by atoms with Gasteiger partial charge in [0, 0.05) is 48.4 Å². The van der Waals surface area contributed by atoms with Crippen LogP contribution in [0.4, 0.5) is 0 Å². The van der Waals surface area contributed by atoms with Gasteiger partial charge in [0.25, 0.3) is 0 Å². The molecule has 5 fully saturated rings. The first-order valence-electron chi connectivity index (χ1n) is 16.1. The SMILES string of the molecule is COc1ccc2c3c1O[C@H]1[C@@]4(OC)CC[C@@]5(C[C@@H]4COCc4ccc(Cc6nn[nH]n6)cc4)[C@@H](C2)N(CC2CC2)CC[C@]315. The zero-order valence-corrected chi connectivity index (χ0v) is 25.2. The average Bonchev–Trinajstić information content (AvgIpc) is 3.55. The van der Waals surface area contributed by atoms with Crippen molar-refractivity contribution in [1.82, 2.24) is 25.5 Å². The van der Waals surface area contributed by atoms with Crippen LogP contribution in [0.1, 0.15) is 66.6 Å². The van der Waals surface area contributed by atoms with Crippen LogP contribution in [0, 0.1) is 17.3 Å². The van der Waals surface area contributed by atoms with Gasteiger partial charge in [0.2, 0.25) is 0 Å². The Balaban J connectivity index is 1.02. The standard InChI is InChI=1S/C34H41N5O4/c1-40-26-10-9-24-16-27-32-11-12-34(41-2,31-33(32,29(24)30(26)43-31)13-14-39(27)18-22-5-6-22)25(17-32)20-42-19-23-7-3-21(4-8-23)15-28-35-37-38-36-28/h3-4,7-10,22,25,27,31H,5-6,11-20H2,1-2H3,(H,35,36,37,38)/t25-,27-,31-,32-,33+,34-/m1/s1. The molecule has 0 amide bonds. The number of hydrogen-bond acceptors (Lipinski definition) is 8. The molecule has 1 saturated heterocycles. The molecule has 2 aromatic carbocycles. The van der Waals surface area contributed by atoms with Crippen LogP contribution in [0.2, 0.25) is 0 Å². The van der Waals surface area contributed by atoms with Crippen molar-refractivity contribution in [2.45, 2.75) is 81.1 Å². The summed E-state index contributed by atoms with van der Waals surface area (Å²) in [5.74, 6) is 3.72. The van der Waals surface area contributed by atoms with Crippen molar-refractivity contribution in [3.63, 3.8) is 0 Å². The molecule has 2 aliphatic heterocycles. The number of likely N-dealkylation sites (tertiary alicyclic amines) is 1. The molecular formula is C34H41N5O4. The second kappa shape index (κ2) is 9.49. The number of H-pyrrole nitrogens is 1. The Morgan fingerprint density at radius 2 is 1.91 bits per heavy atom. The highest BCUT2D eigenvalue weighted by Crippen LogP contribution is 2.76. The fraction of sp³-hybridized carbons (Fsp3) is 0.618. The number of aromatic nitrogens is 4. The molecular weight excluding hydrogens is 542 g/mol. The summed E-state index contributed by atoms with van der Waals surface area (Å²) in [7, 11) is 3.69. The number of benzene rings is 2. The Morgan fingerprint density at radius 1 is 1.05 bits per heavy atom. The molecule has 5 aliphatic carbocycles. The van der Waals surface area contributed by atoms with Crippen LogP contribution in [-0.2, 0) is 34.3 Å². The number of hydrogen-bond donors (Lipinski definition) is 1. The van der Waals surface area contributed by atoms with Crippen molar-refractivity contribution < 1.29 is 18.9 Å². The van der Waals surface area contributed by atoms with E-state index in [1.807, 2.05) is 7.11 Å². The maximum Gasteiger partial charge on any atom is 0.178 e. The third kappa shape index (κ3) is 3.58. The van der Waals surface area contributed by atoms with Crippen LogP contribution < -0.4 is 9.47 Å². The van der Waals surface area contributed by atoms with Gasteiger partial charge in [-0.05, 0) is 80.2 Å². The number of aromatic amines is 1. The minimum absolute atomic E-state index is 0.0125. The monoisotopic (exact) mass is 583 g/mol. The number of tetrazole rings is 1. The number of nitrogens with zero attached hydrogens (tertiary/aromatic N) is 4. The lowest BCUT2D eigenvalue weighted by Gasteiger charge is -2.74. The average molecular weight is 584 g/mol. The van der Waals surface area contributed by atoms with Gasteiger partial charge >= 0.3 is 0 Å². The summed E-state index contributed by atoms with van der Waals surface area (Å²) in [5.41, 5.74) is 5.03.